The van der Waals surface area contributed by atoms with Crippen molar-refractivity contribution in [1.29, 1.82) is 0 Å². The van der Waals surface area contributed by atoms with Gasteiger partial charge >= 0.3 is 6.61 Å². The number of aromatic nitrogens is 3. The van der Waals surface area contributed by atoms with E-state index in [0.717, 1.165) is 36.4 Å². The Morgan fingerprint density at radius 1 is 1.14 bits per heavy atom. The second-order valence-corrected chi connectivity index (χ2v) is 7.76. The first-order chi connectivity index (χ1) is 17.5. The summed E-state index contributed by atoms with van der Waals surface area (Å²) in [6.45, 7) is -4.96. The molecule has 194 valence electrons. The van der Waals surface area contributed by atoms with Gasteiger partial charge in [-0.1, -0.05) is 12.1 Å². The molecule has 0 spiro atoms. The number of nitrogen functional groups attached to an aromatic ring is 1. The lowest BCUT2D eigenvalue weighted by atomic mass is 10.0. The molecular weight excluding hydrogens is 508 g/mol. The number of alkyl halides is 4. The monoisotopic (exact) mass is 525 g/mol. The minimum Gasteiger partial charge on any atom is -0.434 e. The second-order valence-electron chi connectivity index (χ2n) is 7.76. The van der Waals surface area contributed by atoms with Crippen LogP contribution in [0.3, 0.4) is 0 Å². The summed E-state index contributed by atoms with van der Waals surface area (Å²) in [5, 5.41) is 15.6. The number of anilines is 1. The van der Waals surface area contributed by atoms with Gasteiger partial charge in [0.05, 0.1) is 6.54 Å². The standard InChI is InChI=1S/C23H17F6N5O3/c24-13-3-1-11(2-4-13)19(35)23(28,29)10-31-20(36)17-15(37-21(26)27)6-5-14(18(17)25)12-7-8-34-16(9-12)32-22(30)33-34/h1-9,19,21,35H,10H2,(H2,30,33)(H,31,36). The van der Waals surface area contributed by atoms with E-state index in [1.807, 2.05) is 0 Å². The number of benzene rings is 2. The van der Waals surface area contributed by atoms with E-state index >= 15 is 4.39 Å². The van der Waals surface area contributed by atoms with E-state index in [-0.39, 0.29) is 28.3 Å². The number of hydrogen-bond donors (Lipinski definition) is 3. The first-order valence-electron chi connectivity index (χ1n) is 10.5. The molecule has 1 atom stereocenters. The third kappa shape index (κ3) is 5.43. The number of fused-ring (bicyclic) bond motifs is 1. The minimum absolute atomic E-state index is 0.0675. The van der Waals surface area contributed by atoms with Crippen molar-refractivity contribution in [1.82, 2.24) is 19.9 Å². The van der Waals surface area contributed by atoms with Gasteiger partial charge in [0.25, 0.3) is 11.8 Å². The van der Waals surface area contributed by atoms with Crippen LogP contribution in [0.15, 0.2) is 54.7 Å². The quantitative estimate of drug-likeness (QED) is 0.300. The summed E-state index contributed by atoms with van der Waals surface area (Å²) in [6.07, 6.45) is -1.07. The number of nitrogens with one attached hydrogen (secondary N) is 1. The molecule has 2 aromatic carbocycles. The maximum atomic E-state index is 15.5. The molecule has 4 aromatic rings. The number of pyridine rings is 1. The van der Waals surface area contributed by atoms with E-state index in [1.165, 1.54) is 22.8 Å². The highest BCUT2D eigenvalue weighted by atomic mass is 19.3. The minimum atomic E-state index is -4.00. The first-order valence-corrected chi connectivity index (χ1v) is 10.5. The molecule has 0 fully saturated rings. The topological polar surface area (TPSA) is 115 Å². The molecule has 37 heavy (non-hydrogen) atoms. The van der Waals surface area contributed by atoms with Crippen LogP contribution in [-0.4, -0.2) is 44.7 Å². The lowest BCUT2D eigenvalue weighted by Gasteiger charge is -2.23. The van der Waals surface area contributed by atoms with Gasteiger partial charge in [0.15, 0.2) is 5.65 Å². The maximum absolute atomic E-state index is 15.5. The van der Waals surface area contributed by atoms with Crippen LogP contribution in [0, 0.1) is 11.6 Å². The molecule has 0 aliphatic rings. The average molecular weight is 525 g/mol. The van der Waals surface area contributed by atoms with Crippen LogP contribution in [0.4, 0.5) is 32.3 Å². The second kappa shape index (κ2) is 9.97. The van der Waals surface area contributed by atoms with Crippen molar-refractivity contribution >= 4 is 17.5 Å². The Morgan fingerprint density at radius 2 is 1.84 bits per heavy atom. The van der Waals surface area contributed by atoms with E-state index < -0.39 is 54.0 Å². The number of nitrogens with zero attached hydrogens (tertiary/aromatic N) is 3. The maximum Gasteiger partial charge on any atom is 0.387 e. The van der Waals surface area contributed by atoms with Crippen LogP contribution in [0.1, 0.15) is 22.0 Å². The van der Waals surface area contributed by atoms with Crippen molar-refractivity contribution in [2.45, 2.75) is 18.6 Å². The zero-order valence-corrected chi connectivity index (χ0v) is 18.5. The van der Waals surface area contributed by atoms with Crippen LogP contribution < -0.4 is 15.8 Å². The van der Waals surface area contributed by atoms with Gasteiger partial charge in [-0.25, -0.2) is 22.1 Å². The third-order valence-corrected chi connectivity index (χ3v) is 5.28. The summed E-state index contributed by atoms with van der Waals surface area (Å²) >= 11 is 0. The van der Waals surface area contributed by atoms with Gasteiger partial charge in [0.1, 0.15) is 29.1 Å². The van der Waals surface area contributed by atoms with Crippen LogP contribution in [0.2, 0.25) is 0 Å². The average Bonchev–Trinajstić information content (AvgIpc) is 3.22. The summed E-state index contributed by atoms with van der Waals surface area (Å²) < 4.78 is 89.0. The molecule has 1 amide bonds. The smallest absolute Gasteiger partial charge is 0.387 e. The number of hydrogen-bond acceptors (Lipinski definition) is 6. The van der Waals surface area contributed by atoms with E-state index in [1.54, 1.807) is 5.32 Å². The molecule has 2 heterocycles. The van der Waals surface area contributed by atoms with Crippen molar-refractivity contribution in [2.24, 2.45) is 0 Å². The van der Waals surface area contributed by atoms with Crippen molar-refractivity contribution in [3.8, 4) is 16.9 Å². The normalized spacial score (nSPS) is 12.6. The highest BCUT2D eigenvalue weighted by Gasteiger charge is 2.40. The number of aliphatic hydroxyl groups excluding tert-OH is 1. The number of carbonyl (C=O) groups excluding carboxylic acids is 1. The Kier molecular flexibility index (Phi) is 6.94. The van der Waals surface area contributed by atoms with Crippen LogP contribution >= 0.6 is 0 Å². The fourth-order valence-corrected chi connectivity index (χ4v) is 3.53. The molecule has 0 saturated heterocycles. The first kappa shape index (κ1) is 25.8. The molecular formula is C23H17F6N5O3. The number of rotatable bonds is 8. The number of carbonyl (C=O) groups is 1. The van der Waals surface area contributed by atoms with Crippen molar-refractivity contribution < 1.29 is 41.0 Å². The van der Waals surface area contributed by atoms with Crippen LogP contribution in [-0.2, 0) is 0 Å². The Bertz CT molecular complexity index is 1450. The molecule has 0 aliphatic heterocycles. The molecule has 2 aromatic heterocycles. The SMILES string of the molecule is Nc1nc2cc(-c3ccc(OC(F)F)c(C(=O)NCC(F)(F)C(O)c4ccc(F)cc4)c3F)ccn2n1. The zero-order valence-electron chi connectivity index (χ0n) is 18.5. The number of aliphatic hydroxyl groups is 1. The molecule has 0 bridgehead atoms. The lowest BCUT2D eigenvalue weighted by Crippen LogP contribution is -2.41. The Hall–Kier alpha value is -4.33. The number of amides is 1. The molecule has 8 nitrogen and oxygen atoms in total. The largest absolute Gasteiger partial charge is 0.434 e. The fraction of sp³-hybridized carbons (Fsp3) is 0.174. The Labute approximate surface area is 204 Å². The van der Waals surface area contributed by atoms with Crippen LogP contribution in [0.25, 0.3) is 16.8 Å². The summed E-state index contributed by atoms with van der Waals surface area (Å²) in [4.78, 5) is 16.7. The molecule has 0 radical (unpaired) electrons. The summed E-state index contributed by atoms with van der Waals surface area (Å²) in [5.74, 6) is -8.53. The highest BCUT2D eigenvalue weighted by Crippen LogP contribution is 2.34. The number of halogens is 6. The van der Waals surface area contributed by atoms with Crippen molar-refractivity contribution in [2.75, 3.05) is 12.3 Å². The Morgan fingerprint density at radius 3 is 2.51 bits per heavy atom. The van der Waals surface area contributed by atoms with Gasteiger partial charge in [0.2, 0.25) is 5.95 Å². The lowest BCUT2D eigenvalue weighted by molar-refractivity contribution is -0.106. The summed E-state index contributed by atoms with van der Waals surface area (Å²) in [6, 6.07) is 8.23. The van der Waals surface area contributed by atoms with Crippen LogP contribution in [0.5, 0.6) is 5.75 Å². The number of nitrogens with two attached hydrogens (primary N) is 1. The van der Waals surface area contributed by atoms with E-state index in [2.05, 4.69) is 14.8 Å². The highest BCUT2D eigenvalue weighted by molar-refractivity contribution is 5.98. The summed E-state index contributed by atoms with van der Waals surface area (Å²) in [7, 11) is 0. The predicted octanol–water partition coefficient (Wildman–Crippen LogP) is 3.96. The molecule has 1 unspecified atom stereocenters. The number of ether oxygens (including phenoxy) is 1. The molecule has 0 saturated carbocycles. The van der Waals surface area contributed by atoms with Gasteiger partial charge in [0, 0.05) is 11.8 Å². The van der Waals surface area contributed by atoms with Gasteiger partial charge in [-0.05, 0) is 47.5 Å². The van der Waals surface area contributed by atoms with E-state index in [4.69, 9.17) is 5.73 Å². The third-order valence-electron chi connectivity index (χ3n) is 5.28. The van der Waals surface area contributed by atoms with E-state index in [9.17, 15) is 31.9 Å². The molecule has 4 rings (SSSR count). The van der Waals surface area contributed by atoms with Gasteiger partial charge < -0.3 is 20.9 Å². The predicted molar refractivity (Wildman–Crippen MR) is 118 cm³/mol. The van der Waals surface area contributed by atoms with Gasteiger partial charge in [-0.2, -0.15) is 13.8 Å². The van der Waals surface area contributed by atoms with Crippen molar-refractivity contribution in [3.05, 3.63) is 77.5 Å². The zero-order chi connectivity index (χ0) is 26.9. The molecule has 4 N–H and O–H groups in total. The summed E-state index contributed by atoms with van der Waals surface area (Å²) in [5.41, 5.74) is 4.21. The van der Waals surface area contributed by atoms with E-state index in [0.29, 0.717) is 0 Å². The van der Waals surface area contributed by atoms with Crippen molar-refractivity contribution in [3.63, 3.8) is 0 Å². The Balaban J connectivity index is 1.64. The fourth-order valence-electron chi connectivity index (χ4n) is 3.53. The van der Waals surface area contributed by atoms with Gasteiger partial charge in [-0.3, -0.25) is 4.79 Å². The molecule has 14 heteroatoms. The molecule has 0 aliphatic carbocycles. The van der Waals surface area contributed by atoms with Gasteiger partial charge in [-0.15, -0.1) is 5.10 Å².